The van der Waals surface area contributed by atoms with E-state index < -0.39 is 12.0 Å². The summed E-state index contributed by atoms with van der Waals surface area (Å²) in [7, 11) is 0. The first-order valence-corrected chi connectivity index (χ1v) is 6.92. The molecule has 20 heavy (non-hydrogen) atoms. The van der Waals surface area contributed by atoms with Gasteiger partial charge < -0.3 is 15.7 Å². The van der Waals surface area contributed by atoms with Crippen LogP contribution in [0.2, 0.25) is 5.02 Å². The molecule has 0 heterocycles. The fraction of sp³-hybridized carbons (Fsp3) is 0.429. The van der Waals surface area contributed by atoms with Crippen LogP contribution in [-0.4, -0.2) is 23.1 Å². The van der Waals surface area contributed by atoms with Crippen LogP contribution >= 0.6 is 11.6 Å². The summed E-state index contributed by atoms with van der Waals surface area (Å²) in [6.07, 6.45) is 2.98. The van der Waals surface area contributed by atoms with Crippen molar-refractivity contribution in [3.05, 3.63) is 28.8 Å². The molecule has 0 aliphatic heterocycles. The minimum absolute atomic E-state index is 0.0335. The fourth-order valence-electron chi connectivity index (χ4n) is 1.77. The smallest absolute Gasteiger partial charge is 0.337 e. The third-order valence-electron chi connectivity index (χ3n) is 2.83. The van der Waals surface area contributed by atoms with E-state index in [1.807, 2.05) is 6.92 Å². The Bertz CT molecular complexity index is 491. The van der Waals surface area contributed by atoms with Gasteiger partial charge in [0.05, 0.1) is 11.3 Å². The van der Waals surface area contributed by atoms with E-state index >= 15 is 0 Å². The molecule has 0 radical (unpaired) electrons. The highest BCUT2D eigenvalue weighted by molar-refractivity contribution is 6.31. The molecule has 2 amide bonds. The molecule has 0 bridgehead atoms. The second-order valence-corrected chi connectivity index (χ2v) is 5.07. The summed E-state index contributed by atoms with van der Waals surface area (Å²) >= 11 is 5.75. The lowest BCUT2D eigenvalue weighted by molar-refractivity contribution is 0.0698. The van der Waals surface area contributed by atoms with Crippen molar-refractivity contribution in [2.75, 3.05) is 5.32 Å². The normalized spacial score (nSPS) is 11.8. The number of anilines is 1. The van der Waals surface area contributed by atoms with Crippen molar-refractivity contribution < 1.29 is 14.7 Å². The van der Waals surface area contributed by atoms with Crippen LogP contribution in [0.15, 0.2) is 18.2 Å². The van der Waals surface area contributed by atoms with E-state index in [4.69, 9.17) is 16.7 Å². The van der Waals surface area contributed by atoms with Crippen LogP contribution in [0.3, 0.4) is 0 Å². The number of hydrogen-bond donors (Lipinski definition) is 3. The zero-order valence-corrected chi connectivity index (χ0v) is 12.3. The van der Waals surface area contributed by atoms with E-state index in [-0.39, 0.29) is 17.3 Å². The van der Waals surface area contributed by atoms with Crippen LogP contribution in [0.1, 0.15) is 43.5 Å². The molecule has 5 nitrogen and oxygen atoms in total. The standard InChI is InChI=1S/C14H19ClN2O3/c1-3-4-5-9(2)16-14(20)17-12-7-6-10(15)8-11(12)13(18)19/h6-9H,3-5H2,1-2H3,(H,18,19)(H2,16,17,20). The summed E-state index contributed by atoms with van der Waals surface area (Å²) in [4.78, 5) is 22.9. The monoisotopic (exact) mass is 298 g/mol. The van der Waals surface area contributed by atoms with Gasteiger partial charge in [0.25, 0.3) is 0 Å². The van der Waals surface area contributed by atoms with Crippen LogP contribution in [0, 0.1) is 0 Å². The second kappa shape index (κ2) is 7.75. The van der Waals surface area contributed by atoms with Crippen molar-refractivity contribution >= 4 is 29.3 Å². The van der Waals surface area contributed by atoms with E-state index in [9.17, 15) is 9.59 Å². The van der Waals surface area contributed by atoms with Gasteiger partial charge in [-0.1, -0.05) is 31.4 Å². The molecule has 1 unspecified atom stereocenters. The van der Waals surface area contributed by atoms with Crippen molar-refractivity contribution in [2.45, 2.75) is 39.2 Å². The summed E-state index contributed by atoms with van der Waals surface area (Å²) in [5, 5.41) is 14.7. The maximum atomic E-state index is 11.8. The number of halogens is 1. The summed E-state index contributed by atoms with van der Waals surface area (Å²) in [5.41, 5.74) is 0.191. The summed E-state index contributed by atoms with van der Waals surface area (Å²) in [6, 6.07) is 3.93. The summed E-state index contributed by atoms with van der Waals surface area (Å²) in [5.74, 6) is -1.14. The van der Waals surface area contributed by atoms with Gasteiger partial charge in [0.15, 0.2) is 0 Å². The van der Waals surface area contributed by atoms with E-state index in [0.29, 0.717) is 5.02 Å². The minimum Gasteiger partial charge on any atom is -0.478 e. The van der Waals surface area contributed by atoms with E-state index in [1.54, 1.807) is 0 Å². The average molecular weight is 299 g/mol. The van der Waals surface area contributed by atoms with Crippen molar-refractivity contribution in [2.24, 2.45) is 0 Å². The Labute approximate surface area is 123 Å². The number of nitrogens with one attached hydrogen (secondary N) is 2. The lowest BCUT2D eigenvalue weighted by Crippen LogP contribution is -2.36. The SMILES string of the molecule is CCCCC(C)NC(=O)Nc1ccc(Cl)cc1C(=O)O. The fourth-order valence-corrected chi connectivity index (χ4v) is 1.94. The summed E-state index contributed by atoms with van der Waals surface area (Å²) < 4.78 is 0. The predicted molar refractivity (Wildman–Crippen MR) is 79.6 cm³/mol. The molecule has 1 aromatic rings. The molecule has 1 atom stereocenters. The van der Waals surface area contributed by atoms with Gasteiger partial charge in [0.1, 0.15) is 0 Å². The van der Waals surface area contributed by atoms with Gasteiger partial charge in [-0.2, -0.15) is 0 Å². The number of carbonyl (C=O) groups excluding carboxylic acids is 1. The van der Waals surface area contributed by atoms with Crippen LogP contribution in [-0.2, 0) is 0 Å². The number of aromatic carboxylic acids is 1. The van der Waals surface area contributed by atoms with E-state index in [2.05, 4.69) is 17.6 Å². The van der Waals surface area contributed by atoms with E-state index in [0.717, 1.165) is 19.3 Å². The predicted octanol–water partition coefficient (Wildman–Crippen LogP) is 3.74. The molecular formula is C14H19ClN2O3. The number of benzene rings is 1. The first kappa shape index (κ1) is 16.3. The van der Waals surface area contributed by atoms with Gasteiger partial charge in [-0.15, -0.1) is 0 Å². The third kappa shape index (κ3) is 5.09. The number of carboxylic acids is 1. The lowest BCUT2D eigenvalue weighted by Gasteiger charge is -2.15. The number of amides is 2. The molecule has 0 saturated carbocycles. The van der Waals surface area contributed by atoms with Crippen molar-refractivity contribution in [1.82, 2.24) is 5.32 Å². The first-order chi connectivity index (χ1) is 9.43. The maximum absolute atomic E-state index is 11.8. The molecular weight excluding hydrogens is 280 g/mol. The van der Waals surface area contributed by atoms with Crippen molar-refractivity contribution in [1.29, 1.82) is 0 Å². The third-order valence-corrected chi connectivity index (χ3v) is 3.06. The maximum Gasteiger partial charge on any atom is 0.337 e. The molecule has 0 aliphatic rings. The lowest BCUT2D eigenvalue weighted by atomic mass is 10.1. The van der Waals surface area contributed by atoms with Crippen LogP contribution < -0.4 is 10.6 Å². The molecule has 1 rings (SSSR count). The van der Waals surface area contributed by atoms with Crippen LogP contribution in [0.5, 0.6) is 0 Å². The number of urea groups is 1. The molecule has 6 heteroatoms. The average Bonchev–Trinajstić information content (AvgIpc) is 2.38. The Kier molecular flexibility index (Phi) is 6.31. The molecule has 0 aromatic heterocycles. The Balaban J connectivity index is 2.68. The number of carboxylic acid groups (broad SMARTS) is 1. The second-order valence-electron chi connectivity index (χ2n) is 4.64. The van der Waals surface area contributed by atoms with Crippen molar-refractivity contribution in [3.63, 3.8) is 0 Å². The van der Waals surface area contributed by atoms with Crippen molar-refractivity contribution in [3.8, 4) is 0 Å². The highest BCUT2D eigenvalue weighted by Crippen LogP contribution is 2.20. The van der Waals surface area contributed by atoms with Gasteiger partial charge in [0, 0.05) is 11.1 Å². The first-order valence-electron chi connectivity index (χ1n) is 6.54. The van der Waals surface area contributed by atoms with E-state index in [1.165, 1.54) is 18.2 Å². The van der Waals surface area contributed by atoms with Gasteiger partial charge in [-0.05, 0) is 31.5 Å². The number of carbonyl (C=O) groups is 2. The Morgan fingerprint density at radius 1 is 1.40 bits per heavy atom. The molecule has 0 fully saturated rings. The largest absolute Gasteiger partial charge is 0.478 e. The highest BCUT2D eigenvalue weighted by Gasteiger charge is 2.14. The quantitative estimate of drug-likeness (QED) is 0.748. The van der Waals surface area contributed by atoms with Gasteiger partial charge in [-0.25, -0.2) is 9.59 Å². The van der Waals surface area contributed by atoms with Crippen LogP contribution in [0.4, 0.5) is 10.5 Å². The Morgan fingerprint density at radius 3 is 2.70 bits per heavy atom. The number of hydrogen-bond acceptors (Lipinski definition) is 2. The molecule has 1 aromatic carbocycles. The zero-order chi connectivity index (χ0) is 15.1. The molecule has 0 spiro atoms. The highest BCUT2D eigenvalue weighted by atomic mass is 35.5. The topological polar surface area (TPSA) is 78.4 Å². The minimum atomic E-state index is -1.14. The molecule has 0 aliphatic carbocycles. The Morgan fingerprint density at radius 2 is 2.10 bits per heavy atom. The molecule has 110 valence electrons. The van der Waals surface area contributed by atoms with Crippen LogP contribution in [0.25, 0.3) is 0 Å². The molecule has 3 N–H and O–H groups in total. The zero-order valence-electron chi connectivity index (χ0n) is 11.6. The number of rotatable bonds is 6. The number of unbranched alkanes of at least 4 members (excludes halogenated alkanes) is 1. The molecule has 0 saturated heterocycles. The van der Waals surface area contributed by atoms with Gasteiger partial charge in [0.2, 0.25) is 0 Å². The van der Waals surface area contributed by atoms with Gasteiger partial charge in [-0.3, -0.25) is 0 Å². The van der Waals surface area contributed by atoms with Gasteiger partial charge >= 0.3 is 12.0 Å². The Hall–Kier alpha value is -1.75. The summed E-state index contributed by atoms with van der Waals surface area (Å²) in [6.45, 7) is 3.99.